The van der Waals surface area contributed by atoms with Crippen LogP contribution in [0.5, 0.6) is 0 Å². The zero-order valence-corrected chi connectivity index (χ0v) is 11.6. The molecule has 1 aliphatic heterocycles. The molecule has 0 spiro atoms. The Hall–Kier alpha value is -1.53. The molecule has 0 saturated heterocycles. The first-order valence-electron chi connectivity index (χ1n) is 6.13. The summed E-state index contributed by atoms with van der Waals surface area (Å²) in [6, 6.07) is 9.54. The number of benzene rings is 1. The topological polar surface area (TPSA) is 64.9 Å². The number of nitrogens with one attached hydrogen (secondary N) is 1. The van der Waals surface area contributed by atoms with Crippen molar-refractivity contribution in [2.45, 2.75) is 17.7 Å². The number of rotatable bonds is 4. The van der Waals surface area contributed by atoms with Crippen molar-refractivity contribution in [3.05, 3.63) is 35.9 Å². The normalized spacial score (nSPS) is 21.7. The lowest BCUT2D eigenvalue weighted by molar-refractivity contribution is 0.158. The first-order valence-corrected chi connectivity index (χ1v) is 7.01. The van der Waals surface area contributed by atoms with Crippen molar-refractivity contribution in [2.24, 2.45) is 5.10 Å². The van der Waals surface area contributed by atoms with E-state index in [4.69, 9.17) is 5.11 Å². The van der Waals surface area contributed by atoms with Gasteiger partial charge in [0.15, 0.2) is 0 Å². The zero-order valence-electron chi connectivity index (χ0n) is 10.7. The minimum atomic E-state index is -0.565. The minimum absolute atomic E-state index is 0.0940. The number of nitrogens with zero attached hydrogens (tertiary/aromatic N) is 2. The van der Waals surface area contributed by atoms with Crippen LogP contribution in [0.1, 0.15) is 18.4 Å². The maximum absolute atomic E-state index is 12.0. The third kappa shape index (κ3) is 2.59. The summed E-state index contributed by atoms with van der Waals surface area (Å²) in [4.78, 5) is 11.4. The fraction of sp³-hybridized carbons (Fsp3) is 0.385. The van der Waals surface area contributed by atoms with E-state index in [0.717, 1.165) is 5.56 Å². The second kappa shape index (κ2) is 6.08. The molecule has 1 aromatic carbocycles. The Balaban J connectivity index is 2.38. The van der Waals surface area contributed by atoms with Gasteiger partial charge in [-0.05, 0) is 18.4 Å². The molecule has 0 radical (unpaired) electrons. The summed E-state index contributed by atoms with van der Waals surface area (Å²) in [7, 11) is 1.59. The van der Waals surface area contributed by atoms with E-state index >= 15 is 0 Å². The smallest absolute Gasteiger partial charge is 0.339 e. The van der Waals surface area contributed by atoms with Gasteiger partial charge >= 0.3 is 6.03 Å². The molecule has 0 bridgehead atoms. The second-order valence-corrected chi connectivity index (χ2v) is 5.31. The monoisotopic (exact) mass is 279 g/mol. The van der Waals surface area contributed by atoms with Crippen molar-refractivity contribution in [3.63, 3.8) is 0 Å². The molecule has 2 N–H and O–H groups in total. The van der Waals surface area contributed by atoms with E-state index in [-0.39, 0.29) is 12.6 Å². The third-order valence-electron chi connectivity index (χ3n) is 3.06. The Labute approximate surface area is 116 Å². The molecule has 1 aromatic rings. The molecule has 1 unspecified atom stereocenters. The quantitative estimate of drug-likeness (QED) is 0.885. The van der Waals surface area contributed by atoms with Gasteiger partial charge < -0.3 is 10.4 Å². The van der Waals surface area contributed by atoms with Gasteiger partial charge in [0.05, 0.1) is 5.55 Å². The average molecular weight is 279 g/mol. The molecule has 0 saturated carbocycles. The van der Waals surface area contributed by atoms with E-state index in [1.807, 2.05) is 30.3 Å². The zero-order chi connectivity index (χ0) is 13.7. The van der Waals surface area contributed by atoms with Gasteiger partial charge in [-0.25, -0.2) is 4.79 Å². The summed E-state index contributed by atoms with van der Waals surface area (Å²) < 4.78 is 0. The number of thioether (sulfide) groups is 1. The van der Waals surface area contributed by atoms with E-state index in [1.54, 1.807) is 12.6 Å². The highest BCUT2D eigenvalue weighted by Gasteiger charge is 2.44. The van der Waals surface area contributed by atoms with Crippen LogP contribution in [0.15, 0.2) is 35.4 Å². The van der Waals surface area contributed by atoms with Crippen LogP contribution in [0.4, 0.5) is 4.79 Å². The van der Waals surface area contributed by atoms with Gasteiger partial charge in [-0.3, -0.25) is 0 Å². The SMILES string of the molecule is CNC(=O)N1N=CSC1(CCCO)c1ccccc1. The third-order valence-corrected chi connectivity index (χ3v) is 4.26. The molecule has 1 atom stereocenters. The Morgan fingerprint density at radius 2 is 2.21 bits per heavy atom. The van der Waals surface area contributed by atoms with E-state index in [1.165, 1.54) is 16.8 Å². The molecule has 2 amide bonds. The molecule has 0 fully saturated rings. The largest absolute Gasteiger partial charge is 0.396 e. The number of aliphatic hydroxyl groups is 1. The van der Waals surface area contributed by atoms with Gasteiger partial charge in [-0.15, -0.1) is 0 Å². The molecule has 6 heteroatoms. The highest BCUT2D eigenvalue weighted by Crippen LogP contribution is 2.46. The summed E-state index contributed by atoms with van der Waals surface area (Å²) in [6.07, 6.45) is 1.25. The lowest BCUT2D eigenvalue weighted by Gasteiger charge is -2.35. The summed E-state index contributed by atoms with van der Waals surface area (Å²) in [6.45, 7) is 0.0940. The van der Waals surface area contributed by atoms with E-state index in [9.17, 15) is 4.79 Å². The number of aliphatic hydroxyl groups excluding tert-OH is 1. The molecule has 1 heterocycles. The lowest BCUT2D eigenvalue weighted by Crippen LogP contribution is -2.45. The maximum atomic E-state index is 12.0. The maximum Gasteiger partial charge on any atom is 0.339 e. The fourth-order valence-electron chi connectivity index (χ4n) is 2.14. The number of hydrogen-bond donors (Lipinski definition) is 2. The van der Waals surface area contributed by atoms with Crippen molar-refractivity contribution in [1.29, 1.82) is 0 Å². The number of hydrogen-bond acceptors (Lipinski definition) is 4. The predicted octanol–water partition coefficient (Wildman–Crippen LogP) is 1.94. The molecule has 0 aliphatic carbocycles. The molecule has 19 heavy (non-hydrogen) atoms. The van der Waals surface area contributed by atoms with Gasteiger partial charge in [0, 0.05) is 13.7 Å². The highest BCUT2D eigenvalue weighted by atomic mass is 32.2. The molecule has 102 valence electrons. The van der Waals surface area contributed by atoms with Crippen LogP contribution >= 0.6 is 11.8 Å². The number of carbonyl (C=O) groups excluding carboxylic acids is 1. The van der Waals surface area contributed by atoms with Crippen LogP contribution in [-0.2, 0) is 4.87 Å². The van der Waals surface area contributed by atoms with Crippen LogP contribution in [0.25, 0.3) is 0 Å². The number of urea groups is 1. The molecular weight excluding hydrogens is 262 g/mol. The summed E-state index contributed by atoms with van der Waals surface area (Å²) >= 11 is 1.50. The lowest BCUT2D eigenvalue weighted by atomic mass is 10.0. The highest BCUT2D eigenvalue weighted by molar-refractivity contribution is 8.13. The fourth-order valence-corrected chi connectivity index (χ4v) is 3.22. The minimum Gasteiger partial charge on any atom is -0.396 e. The van der Waals surface area contributed by atoms with Crippen LogP contribution < -0.4 is 5.32 Å². The Bertz CT molecular complexity index is 466. The van der Waals surface area contributed by atoms with E-state index in [2.05, 4.69) is 10.4 Å². The number of amides is 2. The van der Waals surface area contributed by atoms with Crippen molar-refractivity contribution >= 4 is 23.3 Å². The van der Waals surface area contributed by atoms with Crippen molar-refractivity contribution in [2.75, 3.05) is 13.7 Å². The van der Waals surface area contributed by atoms with Crippen molar-refractivity contribution < 1.29 is 9.90 Å². The average Bonchev–Trinajstić information content (AvgIpc) is 2.90. The number of hydrazone groups is 1. The standard InChI is InChI=1S/C13H17N3O2S/c1-14-12(18)16-13(8-5-9-17,19-10-15-16)11-6-3-2-4-7-11/h2-4,6-7,10,17H,5,8-9H2,1H3,(H,14,18). The molecule has 1 aliphatic rings. The summed E-state index contributed by atoms with van der Waals surface area (Å²) in [5.41, 5.74) is 2.69. The van der Waals surface area contributed by atoms with Crippen molar-refractivity contribution in [1.82, 2.24) is 10.3 Å². The Morgan fingerprint density at radius 3 is 2.84 bits per heavy atom. The first-order chi connectivity index (χ1) is 9.24. The molecule has 5 nitrogen and oxygen atoms in total. The predicted molar refractivity (Wildman–Crippen MR) is 76.8 cm³/mol. The summed E-state index contributed by atoms with van der Waals surface area (Å²) in [5, 5.41) is 17.3. The van der Waals surface area contributed by atoms with Gasteiger partial charge in [-0.1, -0.05) is 42.1 Å². The molecule has 0 aromatic heterocycles. The van der Waals surface area contributed by atoms with Crippen LogP contribution in [0, 0.1) is 0 Å². The Morgan fingerprint density at radius 1 is 1.47 bits per heavy atom. The summed E-state index contributed by atoms with van der Waals surface area (Å²) in [5.74, 6) is 0. The van der Waals surface area contributed by atoms with Gasteiger partial charge in [0.25, 0.3) is 0 Å². The molecular formula is C13H17N3O2S. The van der Waals surface area contributed by atoms with E-state index < -0.39 is 4.87 Å². The molecule has 2 rings (SSSR count). The van der Waals surface area contributed by atoms with Crippen LogP contribution in [0.2, 0.25) is 0 Å². The van der Waals surface area contributed by atoms with Gasteiger partial charge in [-0.2, -0.15) is 10.1 Å². The van der Waals surface area contributed by atoms with Gasteiger partial charge in [0.2, 0.25) is 0 Å². The number of carbonyl (C=O) groups is 1. The van der Waals surface area contributed by atoms with Crippen LogP contribution in [-0.4, -0.2) is 35.3 Å². The van der Waals surface area contributed by atoms with E-state index in [0.29, 0.717) is 12.8 Å². The van der Waals surface area contributed by atoms with Crippen LogP contribution in [0.3, 0.4) is 0 Å². The Kier molecular flexibility index (Phi) is 4.44. The first kappa shape index (κ1) is 13.9. The second-order valence-electron chi connectivity index (χ2n) is 4.18. The van der Waals surface area contributed by atoms with Gasteiger partial charge in [0.1, 0.15) is 4.87 Å². The van der Waals surface area contributed by atoms with Crippen molar-refractivity contribution in [3.8, 4) is 0 Å².